The van der Waals surface area contributed by atoms with E-state index in [1.807, 2.05) is 37.3 Å². The van der Waals surface area contributed by atoms with Crippen molar-refractivity contribution < 1.29 is 58.1 Å². The van der Waals surface area contributed by atoms with Gasteiger partial charge in [-0.05, 0) is 58.0 Å². The zero-order valence-corrected chi connectivity index (χ0v) is 31.5. The van der Waals surface area contributed by atoms with E-state index < -0.39 is 41.4 Å². The summed E-state index contributed by atoms with van der Waals surface area (Å²) in [5.41, 5.74) is -0.0496. The van der Waals surface area contributed by atoms with E-state index in [0.29, 0.717) is 41.5 Å². The second kappa shape index (κ2) is 17.7. The number of benzene rings is 2. The van der Waals surface area contributed by atoms with Gasteiger partial charge in [-0.15, -0.1) is 0 Å². The van der Waals surface area contributed by atoms with Gasteiger partial charge >= 0.3 is 11.9 Å². The van der Waals surface area contributed by atoms with Crippen molar-refractivity contribution in [3.63, 3.8) is 0 Å². The molecule has 3 fully saturated rings. The fourth-order valence-corrected chi connectivity index (χ4v) is 7.15. The van der Waals surface area contributed by atoms with Gasteiger partial charge in [0.15, 0.2) is 23.3 Å². The van der Waals surface area contributed by atoms with E-state index in [0.717, 1.165) is 0 Å². The highest BCUT2D eigenvalue weighted by molar-refractivity contribution is 6.00. The van der Waals surface area contributed by atoms with Crippen LogP contribution >= 0.6 is 0 Å². The number of carbonyl (C=O) groups excluding carboxylic acids is 2. The molecule has 4 aliphatic rings. The maximum Gasteiger partial charge on any atom is 0.347 e. The normalized spacial score (nSPS) is 24.4. The van der Waals surface area contributed by atoms with Crippen molar-refractivity contribution >= 4 is 33.7 Å². The predicted molar refractivity (Wildman–Crippen MR) is 201 cm³/mol. The molecule has 0 radical (unpaired) electrons. The molecule has 16 heteroatoms. The van der Waals surface area contributed by atoms with Crippen LogP contribution in [0.1, 0.15) is 48.4 Å². The molecule has 0 bridgehead atoms. The lowest BCUT2D eigenvalue weighted by Gasteiger charge is -2.22. The molecule has 2 unspecified atom stereocenters. The monoisotopic (exact) mass is 778 g/mol. The minimum atomic E-state index is -0.794. The lowest BCUT2D eigenvalue weighted by molar-refractivity contribution is 0.00205. The highest BCUT2D eigenvalue weighted by Gasteiger charge is 2.46. The Morgan fingerprint density at radius 3 is 1.80 bits per heavy atom. The van der Waals surface area contributed by atoms with Crippen molar-refractivity contribution in [3.8, 4) is 11.5 Å². The van der Waals surface area contributed by atoms with Crippen LogP contribution < -0.4 is 15.9 Å². The second-order valence-corrected chi connectivity index (χ2v) is 13.1. The van der Waals surface area contributed by atoms with Crippen molar-refractivity contribution in [2.75, 3.05) is 33.0 Å². The second-order valence-electron chi connectivity index (χ2n) is 13.1. The van der Waals surface area contributed by atoms with Gasteiger partial charge in [-0.2, -0.15) is 0 Å². The number of aryl methyl sites for hydroxylation is 2. The molecule has 3 N–H and O–H groups in total. The summed E-state index contributed by atoms with van der Waals surface area (Å²) < 4.78 is 40.5. The fourth-order valence-electron chi connectivity index (χ4n) is 7.15. The van der Waals surface area contributed by atoms with E-state index in [2.05, 4.69) is 0 Å². The van der Waals surface area contributed by atoms with Gasteiger partial charge < -0.3 is 57.6 Å². The number of hydrogen-bond donors (Lipinski definition) is 3. The van der Waals surface area contributed by atoms with E-state index in [-0.39, 0.29) is 73.5 Å². The minimum absolute atomic E-state index is 0.0909. The van der Waals surface area contributed by atoms with E-state index in [1.54, 1.807) is 55.9 Å². The van der Waals surface area contributed by atoms with Crippen molar-refractivity contribution in [1.29, 1.82) is 0 Å². The Morgan fingerprint density at radius 2 is 1.23 bits per heavy atom. The summed E-state index contributed by atoms with van der Waals surface area (Å²) in [6.45, 7) is 9.04. The maximum atomic E-state index is 13.1. The molecule has 0 spiro atoms. The summed E-state index contributed by atoms with van der Waals surface area (Å²) in [6.07, 6.45) is 0.807. The van der Waals surface area contributed by atoms with E-state index in [1.165, 1.54) is 4.57 Å². The number of aliphatic hydroxyl groups excluding tert-OH is 2. The van der Waals surface area contributed by atoms with Crippen LogP contribution in [0.3, 0.4) is 0 Å². The Bertz CT molecular complexity index is 2200. The third kappa shape index (κ3) is 7.75. The fraction of sp³-hybridized carbons (Fsp3) is 0.450. The summed E-state index contributed by atoms with van der Waals surface area (Å²) >= 11 is 0. The van der Waals surface area contributed by atoms with Crippen LogP contribution in [0.4, 0.5) is 0 Å². The Balaban J connectivity index is 0.000000158. The molecule has 4 aliphatic heterocycles. The Kier molecular flexibility index (Phi) is 12.8. The average Bonchev–Trinajstić information content (AvgIpc) is 3.99. The Hall–Kier alpha value is -5.26. The number of carbonyl (C=O) groups is 2. The number of para-hydroxylation sites is 2. The van der Waals surface area contributed by atoms with Crippen LogP contribution in [0.25, 0.3) is 21.8 Å². The van der Waals surface area contributed by atoms with E-state index >= 15 is 0 Å². The Morgan fingerprint density at radius 1 is 0.714 bits per heavy atom. The quantitative estimate of drug-likeness (QED) is 0.220. The largest absolute Gasteiger partial charge is 0.506 e. The molecule has 0 saturated carbocycles. The van der Waals surface area contributed by atoms with Crippen molar-refractivity contribution in [2.24, 2.45) is 0 Å². The van der Waals surface area contributed by atoms with Crippen LogP contribution in [-0.4, -0.2) is 112 Å². The van der Waals surface area contributed by atoms with Crippen molar-refractivity contribution in [3.05, 3.63) is 92.7 Å². The molecule has 8 rings (SSSR count). The molecule has 56 heavy (non-hydrogen) atoms. The number of pyridine rings is 2. The number of aliphatic hydroxyl groups is 2. The molecule has 300 valence electrons. The number of esters is 2. The number of aromatic nitrogens is 2. The highest BCUT2D eigenvalue weighted by Crippen LogP contribution is 2.34. The lowest BCUT2D eigenvalue weighted by Crippen LogP contribution is -2.35. The van der Waals surface area contributed by atoms with Crippen LogP contribution in [0.2, 0.25) is 0 Å². The zero-order valence-electron chi connectivity index (χ0n) is 31.5. The third-order valence-corrected chi connectivity index (χ3v) is 9.78. The first-order chi connectivity index (χ1) is 27.1. The van der Waals surface area contributed by atoms with Gasteiger partial charge in [0.25, 0.3) is 11.1 Å². The first-order valence-electron chi connectivity index (χ1n) is 18.6. The van der Waals surface area contributed by atoms with Crippen LogP contribution in [0.5, 0.6) is 11.5 Å². The minimum Gasteiger partial charge on any atom is -0.506 e. The van der Waals surface area contributed by atoms with Gasteiger partial charge in [-0.3, -0.25) is 9.59 Å². The van der Waals surface area contributed by atoms with Crippen molar-refractivity contribution in [1.82, 2.24) is 9.13 Å². The molecule has 7 atom stereocenters. The third-order valence-electron chi connectivity index (χ3n) is 9.78. The van der Waals surface area contributed by atoms with Gasteiger partial charge in [0.2, 0.25) is 0 Å². The van der Waals surface area contributed by atoms with Gasteiger partial charge in [0, 0.05) is 23.9 Å². The van der Waals surface area contributed by atoms with Crippen LogP contribution in [-0.2, 0) is 41.5 Å². The van der Waals surface area contributed by atoms with Crippen LogP contribution in [0.15, 0.2) is 70.5 Å². The number of fused-ring (bicyclic) bond motifs is 4. The standard InChI is InChI=1S/C20H21NO6.C14H15NO4.C6H10O4/c1-3-21-13-8-6-5-7-12(13)17(16(19(21)22)20(23)24-4-2)27-15-11-26-14-9-10-25-18(14)15;1-3-15-10-8-6-5-7-9(10)12(16)11(13(15)17)14(18)19-4-2;7-3-1-9-6-4(8)2-10-5(3)6/h5-10,14-15,18H,3-4,11H2,1-2H3;5-8,16H,3-4H2,1-2H3;3-8H,1-2H2/t14-,15?,18+;;3-,4?,5+,6+/m1.0/s1. The SMILES string of the molecule is CCOC(=O)c1c(O)c2ccccc2n(CC)c1=O.CCOC(=O)c1c(OC2CO[C@@H]3C=CO[C@H]23)c2ccccc2n(CC)c1=O.OC1CO[C@H]2[C@@H]1OC[C@@H]2O. The summed E-state index contributed by atoms with van der Waals surface area (Å²) in [5.74, 6) is -1.57. The van der Waals surface area contributed by atoms with Gasteiger partial charge in [0.05, 0.1) is 50.3 Å². The number of ether oxygens (including phenoxy) is 7. The first kappa shape index (κ1) is 40.4. The summed E-state index contributed by atoms with van der Waals surface area (Å²) in [7, 11) is 0. The topological polar surface area (TPSA) is 203 Å². The number of rotatable bonds is 8. The molecule has 3 saturated heterocycles. The highest BCUT2D eigenvalue weighted by atomic mass is 16.6. The van der Waals surface area contributed by atoms with E-state index in [9.17, 15) is 24.3 Å². The summed E-state index contributed by atoms with van der Waals surface area (Å²) in [5, 5.41) is 29.6. The molecule has 0 amide bonds. The van der Waals surface area contributed by atoms with Gasteiger partial charge in [0.1, 0.15) is 42.0 Å². The van der Waals surface area contributed by atoms with Gasteiger partial charge in [-0.1, -0.05) is 24.3 Å². The van der Waals surface area contributed by atoms with Gasteiger partial charge in [-0.25, -0.2) is 9.59 Å². The average molecular weight is 779 g/mol. The summed E-state index contributed by atoms with van der Waals surface area (Å²) in [6, 6.07) is 14.3. The molecule has 2 aromatic carbocycles. The molecule has 4 aromatic rings. The Labute approximate surface area is 321 Å². The molecule has 2 aromatic heterocycles. The number of nitrogens with zero attached hydrogens (tertiary/aromatic N) is 2. The van der Waals surface area contributed by atoms with E-state index in [4.69, 9.17) is 43.4 Å². The lowest BCUT2D eigenvalue weighted by atomic mass is 10.1. The molecular weight excluding hydrogens is 732 g/mol. The predicted octanol–water partition coefficient (Wildman–Crippen LogP) is 2.67. The zero-order chi connectivity index (χ0) is 40.1. The molecule has 16 nitrogen and oxygen atoms in total. The molecular formula is C40H46N2O14. The van der Waals surface area contributed by atoms with Crippen LogP contribution in [0, 0.1) is 0 Å². The summed E-state index contributed by atoms with van der Waals surface area (Å²) in [4.78, 5) is 49.7. The molecule has 6 heterocycles. The number of hydrogen-bond acceptors (Lipinski definition) is 14. The number of aromatic hydroxyl groups is 1. The smallest absolute Gasteiger partial charge is 0.347 e. The molecule has 0 aliphatic carbocycles. The first-order valence-corrected chi connectivity index (χ1v) is 18.6. The maximum absolute atomic E-state index is 13.1. The van der Waals surface area contributed by atoms with Crippen molar-refractivity contribution in [2.45, 2.75) is 83.5 Å².